The fourth-order valence-corrected chi connectivity index (χ4v) is 3.13. The lowest BCUT2D eigenvalue weighted by molar-refractivity contribution is 0.0927. The fraction of sp³-hybridized carbons (Fsp3) is 0.250. The van der Waals surface area contributed by atoms with Crippen molar-refractivity contribution in [2.45, 2.75) is 18.9 Å². The summed E-state index contributed by atoms with van der Waals surface area (Å²) in [5.41, 5.74) is 2.72. The Hall–Kier alpha value is -2.75. The molecule has 4 rings (SSSR count). The highest BCUT2D eigenvalue weighted by molar-refractivity contribution is 5.98. The second-order valence-corrected chi connectivity index (χ2v) is 6.33. The van der Waals surface area contributed by atoms with E-state index >= 15 is 0 Å². The zero-order chi connectivity index (χ0) is 16.5. The molecular formula is C20H20N2O2. The number of para-hydroxylation sites is 1. The average molecular weight is 320 g/mol. The van der Waals surface area contributed by atoms with Gasteiger partial charge in [0.2, 0.25) is 0 Å². The van der Waals surface area contributed by atoms with Crippen molar-refractivity contribution >= 4 is 16.8 Å². The maximum atomic E-state index is 12.7. The van der Waals surface area contributed by atoms with E-state index in [2.05, 4.69) is 10.3 Å². The highest BCUT2D eigenvalue weighted by Crippen LogP contribution is 2.41. The summed E-state index contributed by atoms with van der Waals surface area (Å²) in [5, 5.41) is 4.25. The van der Waals surface area contributed by atoms with Gasteiger partial charge < -0.3 is 15.0 Å². The first-order chi connectivity index (χ1) is 11.7. The molecule has 1 aromatic heterocycles. The Morgan fingerprint density at radius 3 is 2.58 bits per heavy atom. The van der Waals surface area contributed by atoms with Gasteiger partial charge in [-0.1, -0.05) is 30.3 Å². The van der Waals surface area contributed by atoms with Gasteiger partial charge in [-0.2, -0.15) is 0 Å². The Balaban J connectivity index is 1.56. The summed E-state index contributed by atoms with van der Waals surface area (Å²) in [7, 11) is 1.66. The number of H-pyrrole nitrogens is 1. The summed E-state index contributed by atoms with van der Waals surface area (Å²) >= 11 is 0. The molecule has 1 fully saturated rings. The molecule has 4 heteroatoms. The molecule has 1 atom stereocenters. The number of carbonyl (C=O) groups is 1. The van der Waals surface area contributed by atoms with Crippen molar-refractivity contribution in [3.05, 3.63) is 65.9 Å². The number of nitrogens with one attached hydrogen (secondary N) is 2. The minimum Gasteiger partial charge on any atom is -0.497 e. The molecule has 0 saturated heterocycles. The van der Waals surface area contributed by atoms with Gasteiger partial charge in [-0.05, 0) is 48.6 Å². The molecule has 24 heavy (non-hydrogen) atoms. The summed E-state index contributed by atoms with van der Waals surface area (Å²) in [4.78, 5) is 15.9. The molecule has 1 aliphatic rings. The molecule has 1 amide bonds. The maximum Gasteiger partial charge on any atom is 0.268 e. The van der Waals surface area contributed by atoms with Crippen LogP contribution in [0.15, 0.2) is 54.6 Å². The van der Waals surface area contributed by atoms with E-state index in [1.165, 1.54) is 0 Å². The first-order valence-corrected chi connectivity index (χ1v) is 8.27. The molecule has 2 N–H and O–H groups in total. The van der Waals surface area contributed by atoms with Gasteiger partial charge in [-0.15, -0.1) is 0 Å². The highest BCUT2D eigenvalue weighted by Gasteiger charge is 2.33. The van der Waals surface area contributed by atoms with Gasteiger partial charge in [0.1, 0.15) is 11.4 Å². The van der Waals surface area contributed by atoms with Crippen LogP contribution in [0.3, 0.4) is 0 Å². The number of rotatable bonds is 5. The topological polar surface area (TPSA) is 54.1 Å². The number of ether oxygens (including phenoxy) is 1. The third-order valence-corrected chi connectivity index (χ3v) is 4.63. The maximum absolute atomic E-state index is 12.7. The minimum atomic E-state index is -0.0566. The molecule has 0 aliphatic heterocycles. The van der Waals surface area contributed by atoms with Crippen molar-refractivity contribution in [3.8, 4) is 5.75 Å². The van der Waals surface area contributed by atoms with Crippen LogP contribution in [0.25, 0.3) is 10.9 Å². The summed E-state index contributed by atoms with van der Waals surface area (Å²) in [6.07, 6.45) is 2.31. The summed E-state index contributed by atoms with van der Waals surface area (Å²) in [6, 6.07) is 17.8. The van der Waals surface area contributed by atoms with Gasteiger partial charge in [0, 0.05) is 10.9 Å². The number of hydrogen-bond acceptors (Lipinski definition) is 2. The minimum absolute atomic E-state index is 0.0508. The van der Waals surface area contributed by atoms with Crippen molar-refractivity contribution in [3.63, 3.8) is 0 Å². The van der Waals surface area contributed by atoms with Crippen LogP contribution in [0.4, 0.5) is 0 Å². The number of aromatic nitrogens is 1. The molecule has 2 aromatic carbocycles. The van der Waals surface area contributed by atoms with Crippen molar-refractivity contribution in [1.82, 2.24) is 10.3 Å². The largest absolute Gasteiger partial charge is 0.497 e. The van der Waals surface area contributed by atoms with Crippen LogP contribution in [0.2, 0.25) is 0 Å². The van der Waals surface area contributed by atoms with E-state index in [4.69, 9.17) is 4.74 Å². The van der Waals surface area contributed by atoms with Crippen LogP contribution in [0, 0.1) is 5.92 Å². The molecular weight excluding hydrogens is 300 g/mol. The Labute approximate surface area is 140 Å². The molecule has 122 valence electrons. The van der Waals surface area contributed by atoms with E-state index in [-0.39, 0.29) is 11.9 Å². The number of fused-ring (bicyclic) bond motifs is 1. The normalized spacial score (nSPS) is 15.2. The zero-order valence-corrected chi connectivity index (χ0v) is 13.6. The molecule has 0 spiro atoms. The Morgan fingerprint density at radius 1 is 1.17 bits per heavy atom. The van der Waals surface area contributed by atoms with Crippen LogP contribution in [0.1, 0.15) is 34.9 Å². The third kappa shape index (κ3) is 2.87. The monoisotopic (exact) mass is 320 g/mol. The van der Waals surface area contributed by atoms with Crippen molar-refractivity contribution in [2.75, 3.05) is 7.11 Å². The van der Waals surface area contributed by atoms with E-state index in [9.17, 15) is 4.79 Å². The molecule has 1 saturated carbocycles. The van der Waals surface area contributed by atoms with E-state index in [1.54, 1.807) is 7.11 Å². The van der Waals surface area contributed by atoms with Crippen molar-refractivity contribution in [2.24, 2.45) is 5.92 Å². The predicted octanol–water partition coefficient (Wildman–Crippen LogP) is 4.06. The molecule has 4 nitrogen and oxygen atoms in total. The Bertz CT molecular complexity index is 830. The van der Waals surface area contributed by atoms with Crippen LogP contribution >= 0.6 is 0 Å². The number of benzene rings is 2. The number of aromatic amines is 1. The molecule has 0 unspecified atom stereocenters. The van der Waals surface area contributed by atoms with Crippen molar-refractivity contribution < 1.29 is 9.53 Å². The molecule has 1 aliphatic carbocycles. The quantitative estimate of drug-likeness (QED) is 0.745. The van der Waals surface area contributed by atoms with Gasteiger partial charge in [0.15, 0.2) is 0 Å². The number of carbonyl (C=O) groups excluding carboxylic acids is 1. The lowest BCUT2D eigenvalue weighted by Crippen LogP contribution is -2.30. The van der Waals surface area contributed by atoms with Gasteiger partial charge in [0.25, 0.3) is 5.91 Å². The smallest absolute Gasteiger partial charge is 0.268 e. The number of amides is 1. The first kappa shape index (κ1) is 14.8. The van der Waals surface area contributed by atoms with Crippen LogP contribution < -0.4 is 10.1 Å². The zero-order valence-electron chi connectivity index (χ0n) is 13.6. The molecule has 1 heterocycles. The first-order valence-electron chi connectivity index (χ1n) is 8.27. The average Bonchev–Trinajstić information content (AvgIpc) is 3.37. The van der Waals surface area contributed by atoms with Gasteiger partial charge in [-0.3, -0.25) is 4.79 Å². The van der Waals surface area contributed by atoms with Crippen LogP contribution in [-0.4, -0.2) is 18.0 Å². The van der Waals surface area contributed by atoms with Crippen molar-refractivity contribution in [1.29, 1.82) is 0 Å². The predicted molar refractivity (Wildman–Crippen MR) is 94.2 cm³/mol. The second kappa shape index (κ2) is 6.04. The van der Waals surface area contributed by atoms with Gasteiger partial charge in [0.05, 0.1) is 13.2 Å². The molecule has 3 aromatic rings. The van der Waals surface area contributed by atoms with E-state index in [0.717, 1.165) is 35.1 Å². The fourth-order valence-electron chi connectivity index (χ4n) is 3.13. The van der Waals surface area contributed by atoms with Gasteiger partial charge in [-0.25, -0.2) is 0 Å². The van der Waals surface area contributed by atoms with E-state index < -0.39 is 0 Å². The summed E-state index contributed by atoms with van der Waals surface area (Å²) in [6.45, 7) is 0. The van der Waals surface area contributed by atoms with Crippen LogP contribution in [0.5, 0.6) is 5.75 Å². The number of hydrogen-bond donors (Lipinski definition) is 2. The summed E-state index contributed by atoms with van der Waals surface area (Å²) < 4.78 is 5.22. The third-order valence-electron chi connectivity index (χ3n) is 4.63. The van der Waals surface area contributed by atoms with E-state index in [0.29, 0.717) is 11.6 Å². The Morgan fingerprint density at radius 2 is 1.92 bits per heavy atom. The highest BCUT2D eigenvalue weighted by atomic mass is 16.5. The van der Waals surface area contributed by atoms with E-state index in [1.807, 2.05) is 54.6 Å². The number of methoxy groups -OCH3 is 1. The second-order valence-electron chi connectivity index (χ2n) is 6.33. The standard InChI is InChI=1S/C20H20N2O2/c1-24-16-10-8-14(9-11-16)19(13-6-7-13)22-20(23)18-12-15-4-2-3-5-17(15)21-18/h2-5,8-13,19,21H,6-7H2,1H3,(H,22,23)/t19-/m0/s1. The van der Waals surface area contributed by atoms with Gasteiger partial charge >= 0.3 is 0 Å². The lowest BCUT2D eigenvalue weighted by atomic mass is 10.0. The lowest BCUT2D eigenvalue weighted by Gasteiger charge is -2.18. The molecule has 0 bridgehead atoms. The van der Waals surface area contributed by atoms with Crippen LogP contribution in [-0.2, 0) is 0 Å². The summed E-state index contributed by atoms with van der Waals surface area (Å²) in [5.74, 6) is 1.29. The SMILES string of the molecule is COc1ccc([C@@H](NC(=O)c2cc3ccccc3[nH]2)C2CC2)cc1. The molecule has 0 radical (unpaired) electrons. The Kier molecular flexibility index (Phi) is 3.73.